The van der Waals surface area contributed by atoms with Crippen molar-refractivity contribution in [2.45, 2.75) is 91.9 Å². The average molecular weight is 427 g/mol. The van der Waals surface area contributed by atoms with Gasteiger partial charge in [-0.15, -0.1) is 0 Å². The number of hydrogen-bond donors (Lipinski definition) is 2. The summed E-state index contributed by atoms with van der Waals surface area (Å²) in [4.78, 5) is 68.7. The summed E-state index contributed by atoms with van der Waals surface area (Å²) < 4.78 is 0. The van der Waals surface area contributed by atoms with Crippen molar-refractivity contribution in [2.75, 3.05) is 0 Å². The Balaban J connectivity index is 3.83. The largest absolute Gasteiger partial charge is 0.274 e. The summed E-state index contributed by atoms with van der Waals surface area (Å²) in [6.07, 6.45) is 7.26. The molecule has 0 aromatic rings. The molecule has 170 valence electrons. The molecule has 10 nitrogen and oxygen atoms in total. The molecule has 0 bridgehead atoms. The van der Waals surface area contributed by atoms with Crippen LogP contribution in [-0.2, 0) is 28.8 Å². The van der Waals surface area contributed by atoms with Gasteiger partial charge in [0.05, 0.1) is 0 Å². The Bertz CT molecular complexity index is 581. The zero-order valence-corrected chi connectivity index (χ0v) is 18.4. The smallest absolute Gasteiger partial charge is 0.248 e. The van der Waals surface area contributed by atoms with Gasteiger partial charge in [-0.05, 0) is 12.8 Å². The number of unbranched alkanes of at least 4 members (excludes halogenated alkanes) is 7. The van der Waals surface area contributed by atoms with Crippen LogP contribution < -0.4 is 10.9 Å². The number of carbonyl (C=O) groups excluding carboxylic acids is 6. The first-order chi connectivity index (χ1) is 14.1. The Morgan fingerprint density at radius 1 is 0.500 bits per heavy atom. The fourth-order valence-corrected chi connectivity index (χ4v) is 2.78. The maximum atomic E-state index is 11.9. The third-order valence-corrected chi connectivity index (χ3v) is 4.20. The molecule has 0 aliphatic carbocycles. The molecule has 6 amide bonds. The standard InChI is InChI=1S/C20H34N4O6/c1-15(25)21-23(17(3)27)19(29)13-11-9-7-5-6-8-10-12-14-20(30)24(18(4)28)22-16(2)26/h5-14H2,1-4H3,(H,21,25)(H,22,26). The van der Waals surface area contributed by atoms with E-state index in [2.05, 4.69) is 10.9 Å². The van der Waals surface area contributed by atoms with E-state index >= 15 is 0 Å². The van der Waals surface area contributed by atoms with Crippen LogP contribution in [0.2, 0.25) is 0 Å². The van der Waals surface area contributed by atoms with E-state index in [0.717, 1.165) is 48.5 Å². The highest BCUT2D eigenvalue weighted by Crippen LogP contribution is 2.12. The number of carbonyl (C=O) groups is 6. The van der Waals surface area contributed by atoms with Gasteiger partial charge in [0, 0.05) is 40.5 Å². The normalized spacial score (nSPS) is 10.1. The summed E-state index contributed by atoms with van der Waals surface area (Å²) >= 11 is 0. The molecule has 0 unspecified atom stereocenters. The average Bonchev–Trinajstić information content (AvgIpc) is 2.64. The summed E-state index contributed by atoms with van der Waals surface area (Å²) in [5.74, 6) is -2.80. The molecule has 0 fully saturated rings. The van der Waals surface area contributed by atoms with Gasteiger partial charge in [0.15, 0.2) is 0 Å². The van der Waals surface area contributed by atoms with Gasteiger partial charge in [-0.3, -0.25) is 39.6 Å². The minimum absolute atomic E-state index is 0.197. The van der Waals surface area contributed by atoms with Gasteiger partial charge in [-0.25, -0.2) is 0 Å². The molecule has 2 N–H and O–H groups in total. The molecule has 0 atom stereocenters. The van der Waals surface area contributed by atoms with E-state index in [4.69, 9.17) is 0 Å². The van der Waals surface area contributed by atoms with E-state index in [1.807, 2.05) is 0 Å². The Hall–Kier alpha value is -2.78. The molecule has 0 aliphatic rings. The lowest BCUT2D eigenvalue weighted by molar-refractivity contribution is -0.152. The number of nitrogens with one attached hydrogen (secondary N) is 2. The van der Waals surface area contributed by atoms with Crippen molar-refractivity contribution in [1.29, 1.82) is 0 Å². The van der Waals surface area contributed by atoms with Crippen molar-refractivity contribution < 1.29 is 28.8 Å². The van der Waals surface area contributed by atoms with Gasteiger partial charge in [0.25, 0.3) is 0 Å². The number of hydrogen-bond acceptors (Lipinski definition) is 6. The van der Waals surface area contributed by atoms with E-state index in [9.17, 15) is 28.8 Å². The van der Waals surface area contributed by atoms with E-state index in [1.54, 1.807) is 0 Å². The molecule has 10 heteroatoms. The predicted octanol–water partition coefficient (Wildman–Crippen LogP) is 1.74. The highest BCUT2D eigenvalue weighted by atomic mass is 16.2. The number of nitrogens with zero attached hydrogens (tertiary/aromatic N) is 2. The van der Waals surface area contributed by atoms with Crippen molar-refractivity contribution in [1.82, 2.24) is 20.9 Å². The first-order valence-electron chi connectivity index (χ1n) is 10.3. The molecular weight excluding hydrogens is 392 g/mol. The molecule has 0 saturated carbocycles. The quantitative estimate of drug-likeness (QED) is 0.382. The topological polar surface area (TPSA) is 133 Å². The highest BCUT2D eigenvalue weighted by Gasteiger charge is 2.19. The third kappa shape index (κ3) is 12.6. The van der Waals surface area contributed by atoms with Crippen LogP contribution in [0.15, 0.2) is 0 Å². The number of imide groups is 2. The van der Waals surface area contributed by atoms with E-state index in [1.165, 1.54) is 27.7 Å². The minimum atomic E-state index is -0.517. The second kappa shape index (κ2) is 15.1. The Kier molecular flexibility index (Phi) is 13.7. The second-order valence-electron chi connectivity index (χ2n) is 7.16. The van der Waals surface area contributed by atoms with Crippen LogP contribution in [0.25, 0.3) is 0 Å². The van der Waals surface area contributed by atoms with Gasteiger partial charge in [-0.1, -0.05) is 38.5 Å². The number of amides is 6. The Labute approximate surface area is 177 Å². The van der Waals surface area contributed by atoms with E-state index < -0.39 is 35.4 Å². The maximum Gasteiger partial charge on any atom is 0.248 e. The van der Waals surface area contributed by atoms with Crippen molar-refractivity contribution in [2.24, 2.45) is 0 Å². The van der Waals surface area contributed by atoms with Crippen LogP contribution in [0.5, 0.6) is 0 Å². The summed E-state index contributed by atoms with van der Waals surface area (Å²) in [5, 5.41) is 1.51. The van der Waals surface area contributed by atoms with Crippen molar-refractivity contribution >= 4 is 35.4 Å². The fraction of sp³-hybridized carbons (Fsp3) is 0.700. The molecule has 0 rings (SSSR count). The molecule has 0 aliphatic heterocycles. The van der Waals surface area contributed by atoms with Gasteiger partial charge < -0.3 is 0 Å². The van der Waals surface area contributed by atoms with Crippen LogP contribution in [0, 0.1) is 0 Å². The maximum absolute atomic E-state index is 11.9. The predicted molar refractivity (Wildman–Crippen MR) is 109 cm³/mol. The monoisotopic (exact) mass is 426 g/mol. The van der Waals surface area contributed by atoms with Crippen LogP contribution in [-0.4, -0.2) is 45.5 Å². The van der Waals surface area contributed by atoms with E-state index in [-0.39, 0.29) is 12.8 Å². The SMILES string of the molecule is CC(=O)NN(C(C)=O)C(=O)CCCCCCCCCCC(=O)N(NC(C)=O)C(C)=O. The summed E-state index contributed by atoms with van der Waals surface area (Å²) in [6, 6.07) is 0. The van der Waals surface area contributed by atoms with Crippen LogP contribution in [0.4, 0.5) is 0 Å². The van der Waals surface area contributed by atoms with Crippen molar-refractivity contribution in [3.63, 3.8) is 0 Å². The third-order valence-electron chi connectivity index (χ3n) is 4.20. The Morgan fingerprint density at radius 3 is 1.00 bits per heavy atom. The molecule has 0 saturated heterocycles. The van der Waals surface area contributed by atoms with Crippen molar-refractivity contribution in [3.05, 3.63) is 0 Å². The summed E-state index contributed by atoms with van der Waals surface area (Å²) in [7, 11) is 0. The fourth-order valence-electron chi connectivity index (χ4n) is 2.78. The summed E-state index contributed by atoms with van der Waals surface area (Å²) in [6.45, 7) is 4.92. The van der Waals surface area contributed by atoms with Crippen LogP contribution in [0.1, 0.15) is 91.9 Å². The lowest BCUT2D eigenvalue weighted by Gasteiger charge is -2.18. The van der Waals surface area contributed by atoms with E-state index in [0.29, 0.717) is 12.8 Å². The van der Waals surface area contributed by atoms with Crippen molar-refractivity contribution in [3.8, 4) is 0 Å². The van der Waals surface area contributed by atoms with Crippen LogP contribution in [0.3, 0.4) is 0 Å². The highest BCUT2D eigenvalue weighted by molar-refractivity contribution is 5.96. The minimum Gasteiger partial charge on any atom is -0.274 e. The van der Waals surface area contributed by atoms with Gasteiger partial charge in [-0.2, -0.15) is 10.0 Å². The lowest BCUT2D eigenvalue weighted by Crippen LogP contribution is -2.48. The molecule has 0 heterocycles. The second-order valence-corrected chi connectivity index (χ2v) is 7.16. The first-order valence-corrected chi connectivity index (χ1v) is 10.3. The van der Waals surface area contributed by atoms with Gasteiger partial charge >= 0.3 is 0 Å². The number of rotatable bonds is 11. The number of hydrazine groups is 2. The lowest BCUT2D eigenvalue weighted by atomic mass is 10.1. The van der Waals surface area contributed by atoms with Gasteiger partial charge in [0.1, 0.15) is 0 Å². The molecule has 0 aromatic carbocycles. The molecular formula is C20H34N4O6. The van der Waals surface area contributed by atoms with Gasteiger partial charge in [0.2, 0.25) is 35.4 Å². The molecule has 0 aromatic heterocycles. The zero-order valence-electron chi connectivity index (χ0n) is 18.4. The molecule has 0 radical (unpaired) electrons. The first kappa shape index (κ1) is 27.2. The molecule has 30 heavy (non-hydrogen) atoms. The zero-order chi connectivity index (χ0) is 23.1. The molecule has 0 spiro atoms. The summed E-state index contributed by atoms with van der Waals surface area (Å²) in [5.41, 5.74) is 4.44. The van der Waals surface area contributed by atoms with Crippen LogP contribution >= 0.6 is 0 Å². The Morgan fingerprint density at radius 2 is 0.767 bits per heavy atom.